The van der Waals surface area contributed by atoms with Crippen molar-refractivity contribution in [1.29, 1.82) is 0 Å². The zero-order chi connectivity index (χ0) is 10.4. The minimum Gasteiger partial charge on any atom is -0.381 e. The molecule has 0 amide bonds. The van der Waals surface area contributed by atoms with Crippen LogP contribution in [0.1, 0.15) is 39.0 Å². The number of carbonyl (C=O) groups excluding carboxylic acids is 1. The maximum Gasteiger partial charge on any atom is 0.149 e. The summed E-state index contributed by atoms with van der Waals surface area (Å²) in [6.45, 7) is 3.67. The van der Waals surface area contributed by atoms with Crippen LogP contribution in [-0.4, -0.2) is 25.0 Å². The highest BCUT2D eigenvalue weighted by molar-refractivity contribution is 5.83. The molecule has 1 saturated heterocycles. The van der Waals surface area contributed by atoms with E-state index >= 15 is 0 Å². The van der Waals surface area contributed by atoms with E-state index in [0.717, 1.165) is 38.9 Å². The third-order valence-electron chi connectivity index (χ3n) is 2.84. The van der Waals surface area contributed by atoms with Crippen molar-refractivity contribution in [2.45, 2.75) is 45.1 Å². The highest BCUT2D eigenvalue weighted by atomic mass is 16.5. The molecule has 1 fully saturated rings. The number of carbonyl (C=O) groups is 1. The monoisotopic (exact) mass is 199 g/mol. The van der Waals surface area contributed by atoms with E-state index in [0.29, 0.717) is 12.3 Å². The van der Waals surface area contributed by atoms with E-state index in [-0.39, 0.29) is 11.8 Å². The Kier molecular flexibility index (Phi) is 5.12. The van der Waals surface area contributed by atoms with E-state index in [2.05, 4.69) is 6.92 Å². The molecule has 82 valence electrons. The molecule has 0 aromatic heterocycles. The van der Waals surface area contributed by atoms with E-state index in [9.17, 15) is 4.79 Å². The molecule has 0 bridgehead atoms. The average Bonchev–Trinajstić information content (AvgIpc) is 2.19. The van der Waals surface area contributed by atoms with Gasteiger partial charge in [-0.15, -0.1) is 0 Å². The highest BCUT2D eigenvalue weighted by Gasteiger charge is 2.20. The lowest BCUT2D eigenvalue weighted by atomic mass is 9.91. The molecule has 1 aliphatic rings. The van der Waals surface area contributed by atoms with Gasteiger partial charge in [-0.25, -0.2) is 0 Å². The molecule has 1 heterocycles. The summed E-state index contributed by atoms with van der Waals surface area (Å²) in [5, 5.41) is 0. The fourth-order valence-corrected chi connectivity index (χ4v) is 1.86. The SMILES string of the molecule is CCCC(N)C(=O)CC1CCOCC1. The predicted molar refractivity (Wildman–Crippen MR) is 56.1 cm³/mol. The lowest BCUT2D eigenvalue weighted by Gasteiger charge is -2.22. The van der Waals surface area contributed by atoms with Gasteiger partial charge in [-0.2, -0.15) is 0 Å². The molecule has 1 aliphatic heterocycles. The molecule has 0 aliphatic carbocycles. The maximum absolute atomic E-state index is 11.6. The van der Waals surface area contributed by atoms with Gasteiger partial charge in [0.25, 0.3) is 0 Å². The molecule has 0 spiro atoms. The summed E-state index contributed by atoms with van der Waals surface area (Å²) in [6.07, 6.45) is 4.50. The quantitative estimate of drug-likeness (QED) is 0.730. The van der Waals surface area contributed by atoms with Crippen LogP contribution < -0.4 is 5.73 Å². The third-order valence-corrected chi connectivity index (χ3v) is 2.84. The zero-order valence-corrected chi connectivity index (χ0v) is 9.00. The first kappa shape index (κ1) is 11.7. The van der Waals surface area contributed by atoms with Crippen molar-refractivity contribution in [3.8, 4) is 0 Å². The Balaban J connectivity index is 2.24. The van der Waals surface area contributed by atoms with Gasteiger partial charge in [-0.05, 0) is 25.2 Å². The second-order valence-electron chi connectivity index (χ2n) is 4.12. The van der Waals surface area contributed by atoms with Gasteiger partial charge < -0.3 is 10.5 Å². The zero-order valence-electron chi connectivity index (χ0n) is 9.00. The van der Waals surface area contributed by atoms with Crippen molar-refractivity contribution >= 4 is 5.78 Å². The number of Topliss-reactive ketones (excluding diaryl/α,β-unsaturated/α-hetero) is 1. The van der Waals surface area contributed by atoms with E-state index in [1.807, 2.05) is 0 Å². The van der Waals surface area contributed by atoms with Crippen LogP contribution in [0.5, 0.6) is 0 Å². The molecule has 0 aromatic carbocycles. The van der Waals surface area contributed by atoms with Gasteiger partial charge in [0.2, 0.25) is 0 Å². The number of nitrogens with two attached hydrogens (primary N) is 1. The van der Waals surface area contributed by atoms with E-state index in [4.69, 9.17) is 10.5 Å². The van der Waals surface area contributed by atoms with Crippen LogP contribution in [0.15, 0.2) is 0 Å². The molecular weight excluding hydrogens is 178 g/mol. The van der Waals surface area contributed by atoms with Crippen molar-refractivity contribution in [3.05, 3.63) is 0 Å². The van der Waals surface area contributed by atoms with Crippen molar-refractivity contribution in [3.63, 3.8) is 0 Å². The summed E-state index contributed by atoms with van der Waals surface area (Å²) < 4.78 is 5.25. The Morgan fingerprint density at radius 2 is 2.14 bits per heavy atom. The summed E-state index contributed by atoms with van der Waals surface area (Å²) in [4.78, 5) is 11.6. The number of hydrogen-bond donors (Lipinski definition) is 1. The molecule has 14 heavy (non-hydrogen) atoms. The predicted octanol–water partition coefficient (Wildman–Crippen LogP) is 1.50. The Morgan fingerprint density at radius 3 is 2.71 bits per heavy atom. The second-order valence-corrected chi connectivity index (χ2v) is 4.12. The second kappa shape index (κ2) is 6.14. The van der Waals surface area contributed by atoms with Crippen LogP contribution in [0, 0.1) is 5.92 Å². The molecule has 1 rings (SSSR count). The summed E-state index contributed by atoms with van der Waals surface area (Å²) in [5.41, 5.74) is 5.76. The van der Waals surface area contributed by atoms with Crippen LogP contribution in [0.2, 0.25) is 0 Å². The summed E-state index contributed by atoms with van der Waals surface area (Å²) in [5.74, 6) is 0.748. The van der Waals surface area contributed by atoms with Gasteiger partial charge in [0.15, 0.2) is 0 Å². The normalized spacial score (nSPS) is 20.7. The molecule has 3 heteroatoms. The van der Waals surface area contributed by atoms with Crippen molar-refractivity contribution < 1.29 is 9.53 Å². The maximum atomic E-state index is 11.6. The van der Waals surface area contributed by atoms with Crippen LogP contribution in [0.3, 0.4) is 0 Å². The lowest BCUT2D eigenvalue weighted by molar-refractivity contribution is -0.122. The first-order valence-corrected chi connectivity index (χ1v) is 5.60. The molecule has 3 nitrogen and oxygen atoms in total. The lowest BCUT2D eigenvalue weighted by Crippen LogP contribution is -2.32. The van der Waals surface area contributed by atoms with Crippen LogP contribution >= 0.6 is 0 Å². The Morgan fingerprint density at radius 1 is 1.50 bits per heavy atom. The van der Waals surface area contributed by atoms with E-state index < -0.39 is 0 Å². The fraction of sp³-hybridized carbons (Fsp3) is 0.909. The summed E-state index contributed by atoms with van der Waals surface area (Å²) in [7, 11) is 0. The molecule has 0 saturated carbocycles. The van der Waals surface area contributed by atoms with Crippen molar-refractivity contribution in [2.75, 3.05) is 13.2 Å². The minimum absolute atomic E-state index is 0.233. The van der Waals surface area contributed by atoms with Gasteiger partial charge in [0, 0.05) is 19.6 Å². The van der Waals surface area contributed by atoms with Crippen molar-refractivity contribution in [1.82, 2.24) is 0 Å². The van der Waals surface area contributed by atoms with Gasteiger partial charge in [-0.1, -0.05) is 13.3 Å². The van der Waals surface area contributed by atoms with E-state index in [1.165, 1.54) is 0 Å². The largest absolute Gasteiger partial charge is 0.381 e. The Bertz CT molecular complexity index is 176. The molecule has 0 radical (unpaired) electrons. The first-order valence-electron chi connectivity index (χ1n) is 5.60. The highest BCUT2D eigenvalue weighted by Crippen LogP contribution is 2.19. The molecular formula is C11H21NO2. The number of hydrogen-bond acceptors (Lipinski definition) is 3. The van der Waals surface area contributed by atoms with Crippen molar-refractivity contribution in [2.24, 2.45) is 11.7 Å². The van der Waals surface area contributed by atoms with Gasteiger partial charge in [-0.3, -0.25) is 4.79 Å². The fourth-order valence-electron chi connectivity index (χ4n) is 1.86. The number of ether oxygens (including phenoxy) is 1. The molecule has 2 N–H and O–H groups in total. The smallest absolute Gasteiger partial charge is 0.149 e. The molecule has 0 aromatic rings. The van der Waals surface area contributed by atoms with Crippen LogP contribution in [0.25, 0.3) is 0 Å². The first-order chi connectivity index (χ1) is 6.74. The Hall–Kier alpha value is -0.410. The third kappa shape index (κ3) is 3.76. The van der Waals surface area contributed by atoms with Gasteiger partial charge in [0.05, 0.1) is 6.04 Å². The molecule has 1 unspecified atom stereocenters. The summed E-state index contributed by atoms with van der Waals surface area (Å²) in [6, 6.07) is -0.233. The minimum atomic E-state index is -0.233. The summed E-state index contributed by atoms with van der Waals surface area (Å²) >= 11 is 0. The standard InChI is InChI=1S/C11H21NO2/c1-2-3-10(12)11(13)8-9-4-6-14-7-5-9/h9-10H,2-8,12H2,1H3. The number of ketones is 1. The van der Waals surface area contributed by atoms with Crippen LogP contribution in [0.4, 0.5) is 0 Å². The molecule has 1 atom stereocenters. The topological polar surface area (TPSA) is 52.3 Å². The number of rotatable bonds is 5. The van der Waals surface area contributed by atoms with Gasteiger partial charge in [0.1, 0.15) is 5.78 Å². The van der Waals surface area contributed by atoms with E-state index in [1.54, 1.807) is 0 Å². The van der Waals surface area contributed by atoms with Gasteiger partial charge >= 0.3 is 0 Å². The average molecular weight is 199 g/mol. The Labute approximate surface area is 86.0 Å². The van der Waals surface area contributed by atoms with Crippen LogP contribution in [-0.2, 0) is 9.53 Å².